The maximum absolute atomic E-state index is 5.44. The molecule has 20 heavy (non-hydrogen) atoms. The lowest BCUT2D eigenvalue weighted by Crippen LogP contribution is -2.12. The van der Waals surface area contributed by atoms with Crippen LogP contribution in [0.1, 0.15) is 31.5 Å². The minimum atomic E-state index is 0.534. The Kier molecular flexibility index (Phi) is 3.64. The second kappa shape index (κ2) is 5.58. The average Bonchev–Trinajstić information content (AvgIpc) is 3.18. The molecule has 1 saturated carbocycles. The quantitative estimate of drug-likeness (QED) is 0.617. The van der Waals surface area contributed by atoms with E-state index in [-0.39, 0.29) is 0 Å². The van der Waals surface area contributed by atoms with E-state index >= 15 is 0 Å². The molecule has 2 heterocycles. The molecule has 0 aromatic carbocycles. The highest BCUT2D eigenvalue weighted by atomic mass is 16.5. The first-order valence-electron chi connectivity index (χ1n) is 6.92. The molecule has 1 fully saturated rings. The van der Waals surface area contributed by atoms with E-state index in [4.69, 9.17) is 4.74 Å². The van der Waals surface area contributed by atoms with Crippen molar-refractivity contribution in [1.82, 2.24) is 19.8 Å². The van der Waals surface area contributed by atoms with Crippen molar-refractivity contribution in [1.29, 1.82) is 0 Å². The van der Waals surface area contributed by atoms with Gasteiger partial charge in [0.25, 0.3) is 0 Å². The van der Waals surface area contributed by atoms with Gasteiger partial charge in [-0.3, -0.25) is 0 Å². The Hall–Kier alpha value is -1.95. The molecule has 1 aliphatic rings. The molecule has 3 rings (SSSR count). The van der Waals surface area contributed by atoms with E-state index in [9.17, 15) is 0 Å². The van der Waals surface area contributed by atoms with Gasteiger partial charge in [-0.05, 0) is 31.9 Å². The van der Waals surface area contributed by atoms with Gasteiger partial charge in [-0.2, -0.15) is 4.52 Å². The third-order valence-electron chi connectivity index (χ3n) is 3.13. The van der Waals surface area contributed by atoms with Crippen LogP contribution in [-0.2, 0) is 4.74 Å². The summed E-state index contributed by atoms with van der Waals surface area (Å²) < 4.78 is 7.28. The summed E-state index contributed by atoms with van der Waals surface area (Å²) in [7, 11) is 0. The van der Waals surface area contributed by atoms with Crippen LogP contribution in [0.3, 0.4) is 0 Å². The molecule has 0 radical (unpaired) electrons. The van der Waals surface area contributed by atoms with Gasteiger partial charge in [0, 0.05) is 12.5 Å². The number of nitrogens with one attached hydrogen (secondary N) is 1. The summed E-state index contributed by atoms with van der Waals surface area (Å²) >= 11 is 0. The predicted octanol–water partition coefficient (Wildman–Crippen LogP) is 2.01. The molecule has 0 unspecified atom stereocenters. The fourth-order valence-corrected chi connectivity index (χ4v) is 1.99. The molecule has 2 aromatic rings. The number of aromatic nitrogens is 4. The molecule has 0 atom stereocenters. The molecule has 2 aromatic heterocycles. The lowest BCUT2D eigenvalue weighted by atomic mass is 10.4. The zero-order valence-corrected chi connectivity index (χ0v) is 11.7. The number of hydrogen-bond acceptors (Lipinski definition) is 5. The normalized spacial score (nSPS) is 14.7. The van der Waals surface area contributed by atoms with Crippen molar-refractivity contribution < 1.29 is 4.74 Å². The van der Waals surface area contributed by atoms with Crippen LogP contribution in [0.5, 0.6) is 0 Å². The van der Waals surface area contributed by atoms with Gasteiger partial charge in [-0.15, -0.1) is 15.3 Å². The second-order valence-corrected chi connectivity index (χ2v) is 5.26. The number of fused-ring (bicyclic) bond motifs is 1. The molecule has 0 aliphatic heterocycles. The highest BCUT2D eigenvalue weighted by molar-refractivity contribution is 5.44. The van der Waals surface area contributed by atoms with Crippen LogP contribution in [0.25, 0.3) is 5.65 Å². The summed E-state index contributed by atoms with van der Waals surface area (Å²) in [6.45, 7) is 7.70. The van der Waals surface area contributed by atoms with Crippen molar-refractivity contribution >= 4 is 11.5 Å². The molecular formula is C14H19N5O. The van der Waals surface area contributed by atoms with Gasteiger partial charge < -0.3 is 10.1 Å². The number of hydrogen-bond donors (Lipinski definition) is 1. The Morgan fingerprint density at radius 3 is 3.05 bits per heavy atom. The van der Waals surface area contributed by atoms with Crippen molar-refractivity contribution in [2.45, 2.75) is 25.7 Å². The fourth-order valence-electron chi connectivity index (χ4n) is 1.99. The minimum absolute atomic E-state index is 0.534. The van der Waals surface area contributed by atoms with Crippen LogP contribution < -0.4 is 5.32 Å². The molecule has 0 spiro atoms. The topological polar surface area (TPSA) is 64.3 Å². The lowest BCUT2D eigenvalue weighted by Gasteiger charge is -2.07. The monoisotopic (exact) mass is 273 g/mol. The lowest BCUT2D eigenvalue weighted by molar-refractivity contribution is 0.167. The Bertz CT molecular complexity index is 617. The third kappa shape index (κ3) is 2.96. The summed E-state index contributed by atoms with van der Waals surface area (Å²) in [5.74, 6) is 2.33. The van der Waals surface area contributed by atoms with E-state index in [1.807, 2.05) is 23.6 Å². The van der Waals surface area contributed by atoms with Crippen LogP contribution in [-0.4, -0.2) is 39.6 Å². The Balaban J connectivity index is 1.60. The predicted molar refractivity (Wildman–Crippen MR) is 76.9 cm³/mol. The molecule has 6 heteroatoms. The fraction of sp³-hybridized carbons (Fsp3) is 0.500. The van der Waals surface area contributed by atoms with Gasteiger partial charge in [0.1, 0.15) is 5.82 Å². The van der Waals surface area contributed by atoms with Gasteiger partial charge in [0.05, 0.1) is 13.2 Å². The summed E-state index contributed by atoms with van der Waals surface area (Å²) in [4.78, 5) is 0. The molecule has 1 N–H and O–H groups in total. The molecular weight excluding hydrogens is 254 g/mol. The van der Waals surface area contributed by atoms with Crippen molar-refractivity contribution in [3.8, 4) is 0 Å². The zero-order chi connectivity index (χ0) is 13.9. The van der Waals surface area contributed by atoms with E-state index in [2.05, 4.69) is 27.2 Å². The summed E-state index contributed by atoms with van der Waals surface area (Å²) in [6, 6.07) is 3.85. The first-order chi connectivity index (χ1) is 9.74. The largest absolute Gasteiger partial charge is 0.375 e. The van der Waals surface area contributed by atoms with Crippen molar-refractivity contribution in [2.24, 2.45) is 0 Å². The highest BCUT2D eigenvalue weighted by Crippen LogP contribution is 2.38. The first-order valence-corrected chi connectivity index (χ1v) is 6.92. The van der Waals surface area contributed by atoms with Gasteiger partial charge in [-0.25, -0.2) is 0 Å². The molecule has 6 nitrogen and oxygen atoms in total. The van der Waals surface area contributed by atoms with Gasteiger partial charge in [-0.1, -0.05) is 12.2 Å². The van der Waals surface area contributed by atoms with Crippen molar-refractivity contribution in [2.75, 3.05) is 25.1 Å². The van der Waals surface area contributed by atoms with Gasteiger partial charge in [0.2, 0.25) is 0 Å². The van der Waals surface area contributed by atoms with E-state index in [0.29, 0.717) is 25.7 Å². The SMILES string of the molecule is C=C(C)COCCNc1ccc2nnc(C3CC3)n2n1. The van der Waals surface area contributed by atoms with Crippen molar-refractivity contribution in [3.63, 3.8) is 0 Å². The number of rotatable bonds is 7. The van der Waals surface area contributed by atoms with E-state index in [1.165, 1.54) is 12.8 Å². The van der Waals surface area contributed by atoms with Crippen molar-refractivity contribution in [3.05, 3.63) is 30.1 Å². The van der Waals surface area contributed by atoms with Crippen LogP contribution in [0, 0.1) is 0 Å². The molecule has 0 amide bonds. The van der Waals surface area contributed by atoms with Crippen LogP contribution in [0.15, 0.2) is 24.3 Å². The van der Waals surface area contributed by atoms with Gasteiger partial charge >= 0.3 is 0 Å². The average molecular weight is 273 g/mol. The Morgan fingerprint density at radius 1 is 1.45 bits per heavy atom. The first kappa shape index (κ1) is 13.1. The minimum Gasteiger partial charge on any atom is -0.375 e. The summed E-state index contributed by atoms with van der Waals surface area (Å²) in [5.41, 5.74) is 1.83. The van der Waals surface area contributed by atoms with E-state index < -0.39 is 0 Å². The van der Waals surface area contributed by atoms with Crippen LogP contribution in [0.2, 0.25) is 0 Å². The summed E-state index contributed by atoms with van der Waals surface area (Å²) in [5, 5.41) is 16.1. The molecule has 0 saturated heterocycles. The maximum atomic E-state index is 5.44. The zero-order valence-electron chi connectivity index (χ0n) is 11.7. The van der Waals surface area contributed by atoms with Crippen LogP contribution >= 0.6 is 0 Å². The van der Waals surface area contributed by atoms with Gasteiger partial charge in [0.15, 0.2) is 11.5 Å². The Labute approximate surface area is 117 Å². The number of ether oxygens (including phenoxy) is 1. The Morgan fingerprint density at radius 2 is 2.30 bits per heavy atom. The second-order valence-electron chi connectivity index (χ2n) is 5.26. The summed E-state index contributed by atoms with van der Waals surface area (Å²) in [6.07, 6.45) is 2.38. The smallest absolute Gasteiger partial charge is 0.178 e. The number of nitrogens with zero attached hydrogens (tertiary/aromatic N) is 4. The standard InChI is InChI=1S/C14H19N5O/c1-10(2)9-20-8-7-15-12-5-6-13-16-17-14(11-3-4-11)19(13)18-12/h5-6,11H,1,3-4,7-9H2,2H3,(H,15,18). The number of anilines is 1. The van der Waals surface area contributed by atoms with E-state index in [0.717, 1.165) is 22.9 Å². The third-order valence-corrected chi connectivity index (χ3v) is 3.13. The molecule has 0 bridgehead atoms. The molecule has 1 aliphatic carbocycles. The highest BCUT2D eigenvalue weighted by Gasteiger charge is 2.29. The maximum Gasteiger partial charge on any atom is 0.178 e. The van der Waals surface area contributed by atoms with Crippen LogP contribution in [0.4, 0.5) is 5.82 Å². The van der Waals surface area contributed by atoms with E-state index in [1.54, 1.807) is 0 Å². The molecule has 106 valence electrons.